The average Bonchev–Trinajstić information content (AvgIpc) is 3.42. The highest BCUT2D eigenvalue weighted by molar-refractivity contribution is 5.91. The van der Waals surface area contributed by atoms with Crippen molar-refractivity contribution in [1.82, 2.24) is 0 Å². The van der Waals surface area contributed by atoms with Crippen molar-refractivity contribution >= 4 is 11.6 Å². The van der Waals surface area contributed by atoms with E-state index in [1.807, 2.05) is 0 Å². The Morgan fingerprint density at radius 3 is 2.40 bits per heavy atom. The molecule has 1 fully saturated rings. The smallest absolute Gasteiger partial charge is 0.279 e. The van der Waals surface area contributed by atoms with E-state index in [1.165, 1.54) is 6.07 Å². The van der Waals surface area contributed by atoms with Gasteiger partial charge in [0.25, 0.3) is 5.91 Å². The fraction of sp³-hybridized carbons (Fsp3) is 0.278. The van der Waals surface area contributed by atoms with Crippen LogP contribution in [0.1, 0.15) is 18.4 Å². The van der Waals surface area contributed by atoms with Gasteiger partial charge in [-0.25, -0.2) is 17.6 Å². The molecular formula is C18H17F4N2O+. The number of carbonyl (C=O) groups excluding carboxylic acids is 1. The minimum absolute atomic E-state index is 0.0164. The Bertz CT molecular complexity index is 793. The van der Waals surface area contributed by atoms with Crippen molar-refractivity contribution < 1.29 is 27.3 Å². The normalized spacial score (nSPS) is 15.0. The lowest BCUT2D eigenvalue weighted by Crippen LogP contribution is -3.13. The molecule has 0 heterocycles. The Kier molecular flexibility index (Phi) is 5.03. The zero-order valence-corrected chi connectivity index (χ0v) is 13.3. The van der Waals surface area contributed by atoms with Gasteiger partial charge in [-0.1, -0.05) is 18.2 Å². The molecule has 3 nitrogen and oxygen atoms in total. The van der Waals surface area contributed by atoms with Crippen molar-refractivity contribution in [2.24, 2.45) is 0 Å². The molecule has 25 heavy (non-hydrogen) atoms. The van der Waals surface area contributed by atoms with E-state index >= 15 is 0 Å². The number of halogens is 4. The van der Waals surface area contributed by atoms with Crippen molar-refractivity contribution in [3.63, 3.8) is 0 Å². The summed E-state index contributed by atoms with van der Waals surface area (Å²) in [7, 11) is 0. The first kappa shape index (κ1) is 17.4. The van der Waals surface area contributed by atoms with Gasteiger partial charge in [-0.3, -0.25) is 4.79 Å². The van der Waals surface area contributed by atoms with E-state index in [9.17, 15) is 22.4 Å². The molecule has 132 valence electrons. The van der Waals surface area contributed by atoms with E-state index in [2.05, 4.69) is 5.32 Å². The molecule has 0 aromatic heterocycles. The lowest BCUT2D eigenvalue weighted by Gasteiger charge is -2.19. The zero-order valence-electron chi connectivity index (χ0n) is 13.3. The third-order valence-electron chi connectivity index (χ3n) is 4.23. The van der Waals surface area contributed by atoms with E-state index < -0.39 is 29.0 Å². The van der Waals surface area contributed by atoms with Crippen LogP contribution >= 0.6 is 0 Å². The van der Waals surface area contributed by atoms with E-state index in [4.69, 9.17) is 0 Å². The van der Waals surface area contributed by atoms with E-state index in [0.29, 0.717) is 12.1 Å². The number of hydrogen-bond donors (Lipinski definition) is 2. The van der Waals surface area contributed by atoms with Crippen LogP contribution in [0, 0.1) is 23.3 Å². The summed E-state index contributed by atoms with van der Waals surface area (Å²) in [6.45, 7) is 0.308. The summed E-state index contributed by atoms with van der Waals surface area (Å²) in [4.78, 5) is 13.0. The highest BCUT2D eigenvalue weighted by Gasteiger charge is 2.35. The van der Waals surface area contributed by atoms with Crippen LogP contribution < -0.4 is 10.2 Å². The Morgan fingerprint density at radius 1 is 1.00 bits per heavy atom. The van der Waals surface area contributed by atoms with Crippen LogP contribution in [0.5, 0.6) is 0 Å². The second-order valence-electron chi connectivity index (χ2n) is 6.15. The van der Waals surface area contributed by atoms with Gasteiger partial charge < -0.3 is 10.2 Å². The molecule has 2 aromatic carbocycles. The van der Waals surface area contributed by atoms with Gasteiger partial charge in [-0.05, 0) is 18.2 Å². The van der Waals surface area contributed by atoms with Crippen LogP contribution in [0.15, 0.2) is 36.4 Å². The lowest BCUT2D eigenvalue weighted by atomic mass is 10.2. The molecular weight excluding hydrogens is 336 g/mol. The van der Waals surface area contributed by atoms with Crippen molar-refractivity contribution in [3.8, 4) is 0 Å². The van der Waals surface area contributed by atoms with Gasteiger partial charge in [0, 0.05) is 18.4 Å². The Morgan fingerprint density at radius 2 is 1.72 bits per heavy atom. The predicted octanol–water partition coefficient (Wildman–Crippen LogP) is 2.43. The first-order chi connectivity index (χ1) is 12.0. The maximum Gasteiger partial charge on any atom is 0.279 e. The second-order valence-corrected chi connectivity index (χ2v) is 6.15. The number of rotatable bonds is 6. The maximum absolute atomic E-state index is 13.8. The predicted molar refractivity (Wildman–Crippen MR) is 83.9 cm³/mol. The lowest BCUT2D eigenvalue weighted by molar-refractivity contribution is -0.917. The minimum atomic E-state index is -1.63. The van der Waals surface area contributed by atoms with Crippen molar-refractivity contribution in [2.45, 2.75) is 25.4 Å². The highest BCUT2D eigenvalue weighted by atomic mass is 19.2. The molecule has 1 saturated carbocycles. The van der Waals surface area contributed by atoms with Crippen LogP contribution in [0.2, 0.25) is 0 Å². The first-order valence-corrected chi connectivity index (χ1v) is 7.97. The molecule has 0 aliphatic heterocycles. The van der Waals surface area contributed by atoms with Crippen molar-refractivity contribution in [2.75, 3.05) is 11.9 Å². The molecule has 0 bridgehead atoms. The molecule has 0 radical (unpaired) electrons. The molecule has 1 unspecified atom stereocenters. The standard InChI is InChI=1S/C18H16F4N2O/c19-13-4-2-1-3-11(13)9-24(12-5-6-12)10-16(25)23-15-8-7-14(20)17(21)18(15)22/h1-4,7-8,12H,5-6,9-10H2,(H,23,25)/p+1. The molecule has 1 atom stereocenters. The molecule has 2 N–H and O–H groups in total. The fourth-order valence-electron chi connectivity index (χ4n) is 2.75. The zero-order chi connectivity index (χ0) is 18.0. The van der Waals surface area contributed by atoms with Crippen LogP contribution in [-0.4, -0.2) is 18.5 Å². The number of quaternary nitrogens is 1. The van der Waals surface area contributed by atoms with Gasteiger partial charge >= 0.3 is 0 Å². The Balaban J connectivity index is 1.68. The number of hydrogen-bond acceptors (Lipinski definition) is 1. The summed E-state index contributed by atoms with van der Waals surface area (Å²) in [5.74, 6) is -5.26. The molecule has 1 aliphatic carbocycles. The van der Waals surface area contributed by atoms with E-state index in [0.717, 1.165) is 29.9 Å². The quantitative estimate of drug-likeness (QED) is 0.607. The Labute approximate surface area is 142 Å². The Hall–Kier alpha value is -2.41. The summed E-state index contributed by atoms with van der Waals surface area (Å²) < 4.78 is 53.6. The molecule has 7 heteroatoms. The number of anilines is 1. The van der Waals surface area contributed by atoms with Gasteiger partial charge in [-0.2, -0.15) is 0 Å². The molecule has 0 spiro atoms. The number of benzene rings is 2. The minimum Gasteiger partial charge on any atom is -0.321 e. The van der Waals surface area contributed by atoms with Gasteiger partial charge in [0.15, 0.2) is 24.0 Å². The average molecular weight is 353 g/mol. The number of carbonyl (C=O) groups is 1. The molecule has 3 rings (SSSR count). The summed E-state index contributed by atoms with van der Waals surface area (Å²) in [5, 5.41) is 2.26. The monoisotopic (exact) mass is 353 g/mol. The van der Waals surface area contributed by atoms with E-state index in [1.54, 1.807) is 18.2 Å². The molecule has 0 saturated heterocycles. The van der Waals surface area contributed by atoms with Gasteiger partial charge in [0.2, 0.25) is 0 Å². The maximum atomic E-state index is 13.8. The summed E-state index contributed by atoms with van der Waals surface area (Å²) in [6.07, 6.45) is 1.85. The second kappa shape index (κ2) is 7.23. The summed E-state index contributed by atoms with van der Waals surface area (Å²) >= 11 is 0. The van der Waals surface area contributed by atoms with Gasteiger partial charge in [-0.15, -0.1) is 0 Å². The van der Waals surface area contributed by atoms with Crippen LogP contribution in [-0.2, 0) is 11.3 Å². The fourth-order valence-corrected chi connectivity index (χ4v) is 2.75. The van der Waals surface area contributed by atoms with Gasteiger partial charge in [0.05, 0.1) is 11.7 Å². The van der Waals surface area contributed by atoms with Gasteiger partial charge in [0.1, 0.15) is 12.4 Å². The third kappa shape index (κ3) is 4.17. The molecule has 1 aliphatic rings. The summed E-state index contributed by atoms with van der Waals surface area (Å²) in [5.41, 5.74) is 0.0844. The van der Waals surface area contributed by atoms with Crippen LogP contribution in [0.4, 0.5) is 23.2 Å². The number of amides is 1. The highest BCUT2D eigenvalue weighted by Crippen LogP contribution is 2.20. The topological polar surface area (TPSA) is 33.5 Å². The largest absolute Gasteiger partial charge is 0.321 e. The van der Waals surface area contributed by atoms with Crippen molar-refractivity contribution in [3.05, 3.63) is 65.2 Å². The third-order valence-corrected chi connectivity index (χ3v) is 4.23. The number of nitrogens with one attached hydrogen (secondary N) is 2. The molecule has 2 aromatic rings. The molecule has 1 amide bonds. The SMILES string of the molecule is O=C(C[NH+](Cc1ccccc1F)C1CC1)Nc1ccc(F)c(F)c1F. The first-order valence-electron chi connectivity index (χ1n) is 7.97. The van der Waals surface area contributed by atoms with Crippen LogP contribution in [0.3, 0.4) is 0 Å². The van der Waals surface area contributed by atoms with Crippen molar-refractivity contribution in [1.29, 1.82) is 0 Å². The van der Waals surface area contributed by atoms with E-state index in [-0.39, 0.29) is 18.4 Å². The summed E-state index contributed by atoms with van der Waals surface area (Å²) in [6, 6.07) is 8.29. The van der Waals surface area contributed by atoms with Crippen LogP contribution in [0.25, 0.3) is 0 Å².